The van der Waals surface area contributed by atoms with Crippen LogP contribution in [-0.4, -0.2) is 31.9 Å². The number of nitrogens with one attached hydrogen (secondary N) is 1. The standard InChI is InChI=1S/C24H33NO2/c1-19-9-7-10-20(17-19)22-12-3-4-13-23(22)24(26,14-5-6-16-27-2)21-11-8-15-25-18-21/h3-4,7,9-10,12-13,17,21,25-26H,5-6,8,11,14-16,18H2,1-2H3/t21-,24+/m1/s1. The van der Waals surface area contributed by atoms with Crippen LogP contribution in [0.1, 0.15) is 43.2 Å². The van der Waals surface area contributed by atoms with Gasteiger partial charge in [0.2, 0.25) is 0 Å². The molecule has 1 aliphatic heterocycles. The Morgan fingerprint density at radius 1 is 1.15 bits per heavy atom. The van der Waals surface area contributed by atoms with Crippen LogP contribution in [0, 0.1) is 12.8 Å². The van der Waals surface area contributed by atoms with E-state index in [9.17, 15) is 5.11 Å². The minimum atomic E-state index is -0.818. The van der Waals surface area contributed by atoms with Gasteiger partial charge in [0.15, 0.2) is 0 Å². The van der Waals surface area contributed by atoms with Gasteiger partial charge in [0.1, 0.15) is 0 Å². The summed E-state index contributed by atoms with van der Waals surface area (Å²) in [5, 5.41) is 15.5. The van der Waals surface area contributed by atoms with Crippen LogP contribution in [0.4, 0.5) is 0 Å². The summed E-state index contributed by atoms with van der Waals surface area (Å²) >= 11 is 0. The van der Waals surface area contributed by atoms with E-state index in [2.05, 4.69) is 60.8 Å². The normalized spacial score (nSPS) is 19.6. The van der Waals surface area contributed by atoms with Gasteiger partial charge in [0.25, 0.3) is 0 Å². The summed E-state index contributed by atoms with van der Waals surface area (Å²) < 4.78 is 5.22. The highest BCUT2D eigenvalue weighted by atomic mass is 16.5. The van der Waals surface area contributed by atoms with E-state index in [4.69, 9.17) is 4.74 Å². The molecule has 1 aliphatic rings. The van der Waals surface area contributed by atoms with Crippen molar-refractivity contribution in [1.82, 2.24) is 5.32 Å². The first kappa shape index (κ1) is 20.1. The summed E-state index contributed by atoms with van der Waals surface area (Å²) in [4.78, 5) is 0. The Labute approximate surface area is 163 Å². The SMILES string of the molecule is COCCCC[C@@](O)(c1ccccc1-c1cccc(C)c1)[C@@H]1CCCNC1. The number of benzene rings is 2. The van der Waals surface area contributed by atoms with Gasteiger partial charge >= 0.3 is 0 Å². The van der Waals surface area contributed by atoms with Gasteiger partial charge in [-0.1, -0.05) is 54.1 Å². The molecular formula is C24H33NO2. The molecular weight excluding hydrogens is 334 g/mol. The molecule has 2 atom stereocenters. The van der Waals surface area contributed by atoms with Crippen molar-refractivity contribution in [2.24, 2.45) is 5.92 Å². The average molecular weight is 368 g/mol. The zero-order chi connectivity index (χ0) is 19.1. The maximum atomic E-state index is 12.0. The Morgan fingerprint density at radius 3 is 2.74 bits per heavy atom. The number of rotatable bonds is 8. The van der Waals surface area contributed by atoms with Gasteiger partial charge in [0.05, 0.1) is 5.60 Å². The van der Waals surface area contributed by atoms with E-state index in [0.29, 0.717) is 0 Å². The van der Waals surface area contributed by atoms with Crippen molar-refractivity contribution in [3.8, 4) is 11.1 Å². The molecule has 1 fully saturated rings. The largest absolute Gasteiger partial charge is 0.385 e. The third-order valence-electron chi connectivity index (χ3n) is 5.85. The fraction of sp³-hybridized carbons (Fsp3) is 0.500. The summed E-state index contributed by atoms with van der Waals surface area (Å²) in [5.41, 5.74) is 3.83. The third-order valence-corrected chi connectivity index (χ3v) is 5.85. The molecule has 0 spiro atoms. The monoisotopic (exact) mass is 367 g/mol. The molecule has 1 saturated heterocycles. The average Bonchev–Trinajstić information content (AvgIpc) is 2.72. The van der Waals surface area contributed by atoms with Gasteiger partial charge in [-0.3, -0.25) is 0 Å². The molecule has 27 heavy (non-hydrogen) atoms. The van der Waals surface area contributed by atoms with Gasteiger partial charge in [0, 0.05) is 26.2 Å². The highest BCUT2D eigenvalue weighted by molar-refractivity contribution is 5.69. The Morgan fingerprint density at radius 2 is 2.00 bits per heavy atom. The van der Waals surface area contributed by atoms with Crippen LogP contribution in [0.2, 0.25) is 0 Å². The van der Waals surface area contributed by atoms with E-state index in [0.717, 1.165) is 62.9 Å². The predicted molar refractivity (Wildman–Crippen MR) is 112 cm³/mol. The molecule has 2 N–H and O–H groups in total. The molecule has 3 nitrogen and oxygen atoms in total. The Balaban J connectivity index is 1.98. The Bertz CT molecular complexity index is 724. The first-order valence-electron chi connectivity index (χ1n) is 10.2. The molecule has 1 heterocycles. The zero-order valence-electron chi connectivity index (χ0n) is 16.7. The molecule has 146 valence electrons. The highest BCUT2D eigenvalue weighted by Gasteiger charge is 2.39. The molecule has 3 rings (SSSR count). The molecule has 2 aromatic rings. The lowest BCUT2D eigenvalue weighted by atomic mass is 9.72. The fourth-order valence-electron chi connectivity index (χ4n) is 4.38. The summed E-state index contributed by atoms with van der Waals surface area (Å²) in [6.07, 6.45) is 4.90. The van der Waals surface area contributed by atoms with E-state index >= 15 is 0 Å². The van der Waals surface area contributed by atoms with Crippen LogP contribution in [0.3, 0.4) is 0 Å². The first-order valence-corrected chi connectivity index (χ1v) is 10.2. The first-order chi connectivity index (χ1) is 13.1. The number of aliphatic hydroxyl groups is 1. The van der Waals surface area contributed by atoms with Gasteiger partial charge in [-0.2, -0.15) is 0 Å². The predicted octanol–water partition coefficient (Wildman–Crippen LogP) is 4.67. The molecule has 0 bridgehead atoms. The number of methoxy groups -OCH3 is 1. The molecule has 0 aliphatic carbocycles. The van der Waals surface area contributed by atoms with Crippen LogP contribution in [0.25, 0.3) is 11.1 Å². The Kier molecular flexibility index (Phi) is 7.06. The van der Waals surface area contributed by atoms with E-state index < -0.39 is 5.60 Å². The Hall–Kier alpha value is -1.68. The van der Waals surface area contributed by atoms with Gasteiger partial charge in [-0.15, -0.1) is 0 Å². The van der Waals surface area contributed by atoms with E-state index in [-0.39, 0.29) is 5.92 Å². The number of hydrogen-bond donors (Lipinski definition) is 2. The molecule has 0 amide bonds. The van der Waals surface area contributed by atoms with Crippen molar-refractivity contribution in [3.05, 3.63) is 59.7 Å². The maximum absolute atomic E-state index is 12.0. The van der Waals surface area contributed by atoms with Crippen molar-refractivity contribution in [2.75, 3.05) is 26.8 Å². The fourth-order valence-corrected chi connectivity index (χ4v) is 4.38. The molecule has 0 saturated carbocycles. The minimum absolute atomic E-state index is 0.236. The van der Waals surface area contributed by atoms with Gasteiger partial charge < -0.3 is 15.2 Å². The number of aryl methyl sites for hydroxylation is 1. The van der Waals surface area contributed by atoms with Crippen LogP contribution < -0.4 is 5.32 Å². The quantitative estimate of drug-likeness (QED) is 0.667. The number of ether oxygens (including phenoxy) is 1. The molecule has 0 unspecified atom stereocenters. The lowest BCUT2D eigenvalue weighted by Crippen LogP contribution is -2.44. The molecule has 2 aromatic carbocycles. The number of hydrogen-bond acceptors (Lipinski definition) is 3. The molecule has 0 radical (unpaired) electrons. The highest BCUT2D eigenvalue weighted by Crippen LogP contribution is 2.42. The maximum Gasteiger partial charge on any atom is 0.0942 e. The van der Waals surface area contributed by atoms with Crippen molar-refractivity contribution in [3.63, 3.8) is 0 Å². The lowest BCUT2D eigenvalue weighted by Gasteiger charge is -2.40. The van der Waals surface area contributed by atoms with Crippen molar-refractivity contribution >= 4 is 0 Å². The summed E-state index contributed by atoms with van der Waals surface area (Å²) in [6, 6.07) is 17.0. The van der Waals surface area contributed by atoms with Crippen molar-refractivity contribution in [2.45, 2.75) is 44.6 Å². The molecule has 0 aromatic heterocycles. The van der Waals surface area contributed by atoms with Crippen LogP contribution in [0.15, 0.2) is 48.5 Å². The van der Waals surface area contributed by atoms with Gasteiger partial charge in [-0.25, -0.2) is 0 Å². The summed E-state index contributed by atoms with van der Waals surface area (Å²) in [6.45, 7) is 4.80. The second-order valence-electron chi connectivity index (χ2n) is 7.83. The minimum Gasteiger partial charge on any atom is -0.385 e. The molecule has 3 heteroatoms. The van der Waals surface area contributed by atoms with E-state index in [1.165, 1.54) is 11.1 Å². The summed E-state index contributed by atoms with van der Waals surface area (Å²) in [5.74, 6) is 0.236. The second-order valence-corrected chi connectivity index (χ2v) is 7.83. The van der Waals surface area contributed by atoms with Crippen LogP contribution in [0.5, 0.6) is 0 Å². The van der Waals surface area contributed by atoms with E-state index in [1.807, 2.05) is 0 Å². The van der Waals surface area contributed by atoms with Crippen molar-refractivity contribution < 1.29 is 9.84 Å². The lowest BCUT2D eigenvalue weighted by molar-refractivity contribution is -0.0429. The van der Waals surface area contributed by atoms with Crippen molar-refractivity contribution in [1.29, 1.82) is 0 Å². The number of unbranched alkanes of at least 4 members (excludes halogenated alkanes) is 1. The zero-order valence-corrected chi connectivity index (χ0v) is 16.7. The smallest absolute Gasteiger partial charge is 0.0942 e. The van der Waals surface area contributed by atoms with Gasteiger partial charge in [-0.05, 0) is 62.3 Å². The van der Waals surface area contributed by atoms with Crippen LogP contribution >= 0.6 is 0 Å². The third kappa shape index (κ3) is 4.78. The topological polar surface area (TPSA) is 41.5 Å². The number of piperidine rings is 1. The second kappa shape index (κ2) is 9.50. The summed E-state index contributed by atoms with van der Waals surface area (Å²) in [7, 11) is 1.74. The van der Waals surface area contributed by atoms with E-state index in [1.54, 1.807) is 7.11 Å². The van der Waals surface area contributed by atoms with Crippen LogP contribution in [-0.2, 0) is 10.3 Å².